The number of methoxy groups -OCH3 is 1. The van der Waals surface area contributed by atoms with Crippen LogP contribution in [0.25, 0.3) is 0 Å². The van der Waals surface area contributed by atoms with Crippen molar-refractivity contribution in [2.45, 2.75) is 25.3 Å². The maximum atomic E-state index is 13.5. The topological polar surface area (TPSA) is 58.6 Å². The highest BCUT2D eigenvalue weighted by Crippen LogP contribution is 2.17. The molecule has 1 amide bonds. The van der Waals surface area contributed by atoms with Crippen molar-refractivity contribution in [2.24, 2.45) is 0 Å². The van der Waals surface area contributed by atoms with Gasteiger partial charge in [0.15, 0.2) is 0 Å². The summed E-state index contributed by atoms with van der Waals surface area (Å²) in [5.41, 5.74) is -0.0404. The summed E-state index contributed by atoms with van der Waals surface area (Å²) < 4.78 is 31.7. The zero-order chi connectivity index (χ0) is 16.8. The lowest BCUT2D eigenvalue weighted by Crippen LogP contribution is -2.43. The minimum Gasteiger partial charge on any atom is -0.468 e. The van der Waals surface area contributed by atoms with Crippen LogP contribution in [-0.2, 0) is 20.7 Å². The van der Waals surface area contributed by atoms with Crippen molar-refractivity contribution in [2.75, 3.05) is 26.7 Å². The van der Waals surface area contributed by atoms with Crippen LogP contribution in [0.1, 0.15) is 18.4 Å². The molecule has 1 aliphatic heterocycles. The molecule has 1 fully saturated rings. The van der Waals surface area contributed by atoms with E-state index in [1.807, 2.05) is 0 Å². The first kappa shape index (κ1) is 17.3. The van der Waals surface area contributed by atoms with Gasteiger partial charge in [0.25, 0.3) is 0 Å². The van der Waals surface area contributed by atoms with Gasteiger partial charge in [-0.25, -0.2) is 8.78 Å². The number of hydrogen-bond donors (Lipinski definition) is 1. The fraction of sp³-hybridized carbons (Fsp3) is 0.500. The van der Waals surface area contributed by atoms with Crippen LogP contribution >= 0.6 is 0 Å². The number of benzene rings is 1. The zero-order valence-corrected chi connectivity index (χ0v) is 13.0. The van der Waals surface area contributed by atoms with Crippen molar-refractivity contribution in [3.8, 4) is 0 Å². The Morgan fingerprint density at radius 1 is 1.35 bits per heavy atom. The highest BCUT2D eigenvalue weighted by atomic mass is 19.1. The molecule has 1 N–H and O–H groups in total. The summed E-state index contributed by atoms with van der Waals surface area (Å²) in [5, 5.41) is 2.62. The van der Waals surface area contributed by atoms with Gasteiger partial charge in [-0.3, -0.25) is 14.5 Å². The molecule has 7 heteroatoms. The Hall–Kier alpha value is -2.02. The Kier molecular flexibility index (Phi) is 6.04. The third-order valence-corrected chi connectivity index (χ3v) is 3.94. The SMILES string of the molecule is COC(=O)[C@H]1CCCN1CC(=O)NCCc1c(F)cccc1F. The van der Waals surface area contributed by atoms with Crippen molar-refractivity contribution in [1.82, 2.24) is 10.2 Å². The maximum Gasteiger partial charge on any atom is 0.323 e. The monoisotopic (exact) mass is 326 g/mol. The van der Waals surface area contributed by atoms with Crippen molar-refractivity contribution in [1.29, 1.82) is 0 Å². The Balaban J connectivity index is 1.80. The quantitative estimate of drug-likeness (QED) is 0.800. The predicted molar refractivity (Wildman–Crippen MR) is 79.7 cm³/mol. The molecular weight excluding hydrogens is 306 g/mol. The van der Waals surface area contributed by atoms with E-state index in [0.29, 0.717) is 13.0 Å². The normalized spacial score (nSPS) is 18.0. The minimum absolute atomic E-state index is 0.0404. The van der Waals surface area contributed by atoms with Gasteiger partial charge in [0.05, 0.1) is 13.7 Å². The van der Waals surface area contributed by atoms with E-state index in [-0.39, 0.29) is 37.0 Å². The fourth-order valence-electron chi connectivity index (χ4n) is 2.76. The summed E-state index contributed by atoms with van der Waals surface area (Å²) in [4.78, 5) is 25.3. The number of rotatable bonds is 6. The molecule has 1 saturated heterocycles. The molecule has 0 saturated carbocycles. The van der Waals surface area contributed by atoms with E-state index in [1.54, 1.807) is 4.90 Å². The van der Waals surface area contributed by atoms with Gasteiger partial charge in [0.2, 0.25) is 5.91 Å². The number of nitrogens with zero attached hydrogens (tertiary/aromatic N) is 1. The van der Waals surface area contributed by atoms with Crippen LogP contribution in [0, 0.1) is 11.6 Å². The van der Waals surface area contributed by atoms with E-state index < -0.39 is 17.7 Å². The van der Waals surface area contributed by atoms with E-state index in [2.05, 4.69) is 5.32 Å². The van der Waals surface area contributed by atoms with E-state index in [1.165, 1.54) is 25.3 Å². The minimum atomic E-state index is -0.621. The van der Waals surface area contributed by atoms with E-state index in [9.17, 15) is 18.4 Å². The lowest BCUT2D eigenvalue weighted by Gasteiger charge is -2.21. The van der Waals surface area contributed by atoms with E-state index >= 15 is 0 Å². The molecule has 1 atom stereocenters. The van der Waals surface area contributed by atoms with Gasteiger partial charge in [0, 0.05) is 12.1 Å². The van der Waals surface area contributed by atoms with Crippen LogP contribution in [-0.4, -0.2) is 49.6 Å². The van der Waals surface area contributed by atoms with Crippen LogP contribution in [0.5, 0.6) is 0 Å². The van der Waals surface area contributed by atoms with Crippen LogP contribution in [0.2, 0.25) is 0 Å². The van der Waals surface area contributed by atoms with Crippen molar-refractivity contribution in [3.63, 3.8) is 0 Å². The molecule has 126 valence electrons. The van der Waals surface area contributed by atoms with Gasteiger partial charge in [0.1, 0.15) is 17.7 Å². The summed E-state index contributed by atoms with van der Waals surface area (Å²) in [6.07, 6.45) is 1.57. The van der Waals surface area contributed by atoms with Crippen LogP contribution in [0.4, 0.5) is 8.78 Å². The first-order chi connectivity index (χ1) is 11.0. The first-order valence-corrected chi connectivity index (χ1v) is 7.54. The van der Waals surface area contributed by atoms with Crippen molar-refractivity contribution >= 4 is 11.9 Å². The molecule has 0 radical (unpaired) electrons. The van der Waals surface area contributed by atoms with E-state index in [4.69, 9.17) is 4.74 Å². The highest BCUT2D eigenvalue weighted by molar-refractivity contribution is 5.80. The summed E-state index contributed by atoms with van der Waals surface area (Å²) in [6.45, 7) is 0.849. The number of esters is 1. The van der Waals surface area contributed by atoms with E-state index in [0.717, 1.165) is 6.42 Å². The molecule has 2 rings (SSSR count). The van der Waals surface area contributed by atoms with Gasteiger partial charge in [-0.2, -0.15) is 0 Å². The molecule has 0 aromatic heterocycles. The van der Waals surface area contributed by atoms with Crippen LogP contribution < -0.4 is 5.32 Å². The maximum absolute atomic E-state index is 13.5. The molecule has 0 aliphatic carbocycles. The van der Waals surface area contributed by atoms with Gasteiger partial charge < -0.3 is 10.1 Å². The lowest BCUT2D eigenvalue weighted by molar-refractivity contribution is -0.146. The smallest absolute Gasteiger partial charge is 0.323 e. The zero-order valence-electron chi connectivity index (χ0n) is 13.0. The number of nitrogens with one attached hydrogen (secondary N) is 1. The highest BCUT2D eigenvalue weighted by Gasteiger charge is 2.32. The van der Waals surface area contributed by atoms with Crippen LogP contribution in [0.3, 0.4) is 0 Å². The Morgan fingerprint density at radius 2 is 2.04 bits per heavy atom. The first-order valence-electron chi connectivity index (χ1n) is 7.54. The third kappa shape index (κ3) is 4.48. The summed E-state index contributed by atoms with van der Waals surface area (Å²) in [7, 11) is 1.32. The second-order valence-corrected chi connectivity index (χ2v) is 5.45. The largest absolute Gasteiger partial charge is 0.468 e. The molecule has 5 nitrogen and oxygen atoms in total. The Morgan fingerprint density at radius 3 is 2.70 bits per heavy atom. The Labute approximate surface area is 133 Å². The average molecular weight is 326 g/mol. The number of halogens is 2. The fourth-order valence-corrected chi connectivity index (χ4v) is 2.76. The van der Waals surface area contributed by atoms with Gasteiger partial charge >= 0.3 is 5.97 Å². The number of hydrogen-bond acceptors (Lipinski definition) is 4. The number of carbonyl (C=O) groups excluding carboxylic acids is 2. The molecule has 1 aromatic carbocycles. The molecule has 1 heterocycles. The molecule has 0 spiro atoms. The number of carbonyl (C=O) groups is 2. The summed E-state index contributed by atoms with van der Waals surface area (Å²) in [6, 6.07) is 3.28. The van der Waals surface area contributed by atoms with Crippen LogP contribution in [0.15, 0.2) is 18.2 Å². The van der Waals surface area contributed by atoms with Gasteiger partial charge in [-0.05, 0) is 37.9 Å². The van der Waals surface area contributed by atoms with Gasteiger partial charge in [-0.1, -0.05) is 6.07 Å². The Bertz CT molecular complexity index is 560. The molecule has 0 unspecified atom stereocenters. The third-order valence-electron chi connectivity index (χ3n) is 3.94. The lowest BCUT2D eigenvalue weighted by atomic mass is 10.1. The average Bonchev–Trinajstić information content (AvgIpc) is 2.97. The predicted octanol–water partition coefficient (Wildman–Crippen LogP) is 1.26. The molecular formula is C16H20F2N2O3. The number of likely N-dealkylation sites (tertiary alicyclic amines) is 1. The molecule has 1 aromatic rings. The molecule has 23 heavy (non-hydrogen) atoms. The van der Waals surface area contributed by atoms with Gasteiger partial charge in [-0.15, -0.1) is 0 Å². The standard InChI is InChI=1S/C16H20F2N2O3/c1-23-16(22)14-6-3-9-20(14)10-15(21)19-8-7-11-12(17)4-2-5-13(11)18/h2,4-5,14H,3,6-10H2,1H3,(H,19,21)/t14-/m1/s1. The number of amides is 1. The van der Waals surface area contributed by atoms with Crippen molar-refractivity contribution in [3.05, 3.63) is 35.4 Å². The molecule has 1 aliphatic rings. The second-order valence-electron chi connectivity index (χ2n) is 5.45. The second kappa shape index (κ2) is 8.01. The molecule has 0 bridgehead atoms. The summed E-state index contributed by atoms with van der Waals surface area (Å²) >= 11 is 0. The van der Waals surface area contributed by atoms with Crippen molar-refractivity contribution < 1.29 is 23.1 Å². The summed E-state index contributed by atoms with van der Waals surface area (Å²) in [5.74, 6) is -1.87. The number of ether oxygens (including phenoxy) is 1.